The summed E-state index contributed by atoms with van der Waals surface area (Å²) in [6.45, 7) is 2.46. The Morgan fingerprint density at radius 2 is 1.64 bits per heavy atom. The second kappa shape index (κ2) is 11.3. The van der Waals surface area contributed by atoms with E-state index in [2.05, 4.69) is 20.1 Å². The fraction of sp³-hybridized carbons (Fsp3) is 0.600. The van der Waals surface area contributed by atoms with Gasteiger partial charge >= 0.3 is 0 Å². The summed E-state index contributed by atoms with van der Waals surface area (Å²) < 4.78 is 30.1. The zero-order chi connectivity index (χ0) is 18.5. The first kappa shape index (κ1) is 20.8. The van der Waals surface area contributed by atoms with Crippen molar-refractivity contribution in [2.45, 2.75) is 50.0 Å². The highest BCUT2D eigenvalue weighted by molar-refractivity contribution is 7.86. The topological polar surface area (TPSA) is 141 Å². The van der Waals surface area contributed by atoms with Crippen molar-refractivity contribution >= 4 is 10.1 Å². The highest BCUT2D eigenvalue weighted by Crippen LogP contribution is 2.19. The van der Waals surface area contributed by atoms with Crippen molar-refractivity contribution in [2.24, 2.45) is 10.2 Å². The molecule has 0 aliphatic carbocycles. The van der Waals surface area contributed by atoms with Crippen LogP contribution < -0.4 is 0 Å². The normalized spacial score (nSPS) is 12.0. The Hall–Kier alpha value is -2.25. The SMILES string of the molecule is Cc1ccc(S(=O)(=O)OC(CCCCCN=[N+]=[N-])CCN=[N+]=[N-])cc1. The van der Waals surface area contributed by atoms with Gasteiger partial charge in [-0.25, -0.2) is 0 Å². The molecule has 1 aromatic carbocycles. The molecule has 0 bridgehead atoms. The number of hydrogen-bond donors (Lipinski definition) is 0. The van der Waals surface area contributed by atoms with Crippen LogP contribution in [0.5, 0.6) is 0 Å². The van der Waals surface area contributed by atoms with Crippen LogP contribution in [0.4, 0.5) is 0 Å². The molecule has 0 aromatic heterocycles. The van der Waals surface area contributed by atoms with Crippen LogP contribution in [-0.2, 0) is 14.3 Å². The van der Waals surface area contributed by atoms with E-state index >= 15 is 0 Å². The minimum absolute atomic E-state index is 0.107. The Kier molecular flexibility index (Phi) is 9.42. The van der Waals surface area contributed by atoms with Gasteiger partial charge in [-0.05, 0) is 49.4 Å². The first-order valence-electron chi connectivity index (χ1n) is 8.01. The van der Waals surface area contributed by atoms with Gasteiger partial charge in [-0.1, -0.05) is 40.8 Å². The number of hydrogen-bond acceptors (Lipinski definition) is 5. The van der Waals surface area contributed by atoms with Crippen molar-refractivity contribution in [1.82, 2.24) is 0 Å². The van der Waals surface area contributed by atoms with Crippen LogP contribution in [0.15, 0.2) is 39.4 Å². The Morgan fingerprint density at radius 3 is 2.28 bits per heavy atom. The highest BCUT2D eigenvalue weighted by Gasteiger charge is 2.21. The summed E-state index contributed by atoms with van der Waals surface area (Å²) in [6.07, 6.45) is 2.54. The molecule has 0 saturated heterocycles. The van der Waals surface area contributed by atoms with Crippen LogP contribution in [-0.4, -0.2) is 27.6 Å². The minimum atomic E-state index is -3.87. The molecular formula is C15H22N6O3S. The first-order chi connectivity index (χ1) is 12.0. The number of benzene rings is 1. The monoisotopic (exact) mass is 366 g/mol. The molecule has 25 heavy (non-hydrogen) atoms. The molecule has 1 atom stereocenters. The van der Waals surface area contributed by atoms with E-state index in [0.29, 0.717) is 19.4 Å². The molecule has 0 amide bonds. The zero-order valence-electron chi connectivity index (χ0n) is 14.2. The van der Waals surface area contributed by atoms with Gasteiger partial charge in [-0.15, -0.1) is 0 Å². The average molecular weight is 366 g/mol. The molecule has 0 heterocycles. The summed E-state index contributed by atoms with van der Waals surface area (Å²) in [6, 6.07) is 6.44. The van der Waals surface area contributed by atoms with Crippen LogP contribution in [0.25, 0.3) is 20.9 Å². The van der Waals surface area contributed by atoms with Gasteiger partial charge in [0.1, 0.15) is 0 Å². The summed E-state index contributed by atoms with van der Waals surface area (Å²) in [4.78, 5) is 5.46. The van der Waals surface area contributed by atoms with E-state index in [1.54, 1.807) is 12.1 Å². The molecule has 0 N–H and O–H groups in total. The zero-order valence-corrected chi connectivity index (χ0v) is 15.0. The molecule has 10 heteroatoms. The smallest absolute Gasteiger partial charge is 0.263 e. The Labute approximate surface area is 147 Å². The third kappa shape index (κ3) is 8.42. The highest BCUT2D eigenvalue weighted by atomic mass is 32.2. The molecule has 1 unspecified atom stereocenters. The third-order valence-electron chi connectivity index (χ3n) is 3.53. The van der Waals surface area contributed by atoms with Gasteiger partial charge in [-0.3, -0.25) is 4.18 Å². The molecule has 1 rings (SSSR count). The van der Waals surface area contributed by atoms with Gasteiger partial charge in [0.25, 0.3) is 10.1 Å². The maximum atomic E-state index is 12.4. The summed E-state index contributed by atoms with van der Waals surface area (Å²) in [7, 11) is -3.87. The van der Waals surface area contributed by atoms with Crippen LogP contribution in [0.2, 0.25) is 0 Å². The lowest BCUT2D eigenvalue weighted by molar-refractivity contribution is 0.187. The lowest BCUT2D eigenvalue weighted by atomic mass is 10.1. The fourth-order valence-electron chi connectivity index (χ4n) is 2.20. The van der Waals surface area contributed by atoms with Gasteiger partial charge in [0.15, 0.2) is 0 Å². The van der Waals surface area contributed by atoms with E-state index in [1.807, 2.05) is 6.92 Å². The second-order valence-electron chi connectivity index (χ2n) is 5.53. The van der Waals surface area contributed by atoms with Gasteiger partial charge in [0.05, 0.1) is 11.0 Å². The van der Waals surface area contributed by atoms with Crippen LogP contribution in [0.3, 0.4) is 0 Å². The van der Waals surface area contributed by atoms with Crippen LogP contribution in [0.1, 0.15) is 37.7 Å². The maximum Gasteiger partial charge on any atom is 0.297 e. The number of aryl methyl sites for hydroxylation is 1. The summed E-state index contributed by atoms with van der Waals surface area (Å²) in [5.41, 5.74) is 17.5. The maximum absolute atomic E-state index is 12.4. The molecule has 0 fully saturated rings. The number of unbranched alkanes of at least 4 members (excludes halogenated alkanes) is 2. The van der Waals surface area contributed by atoms with Crippen molar-refractivity contribution < 1.29 is 12.6 Å². The van der Waals surface area contributed by atoms with Crippen molar-refractivity contribution in [3.05, 3.63) is 50.7 Å². The van der Waals surface area contributed by atoms with Crippen LogP contribution in [0, 0.1) is 6.92 Å². The molecule has 9 nitrogen and oxygen atoms in total. The van der Waals surface area contributed by atoms with E-state index in [-0.39, 0.29) is 11.4 Å². The van der Waals surface area contributed by atoms with Gasteiger partial charge in [0.2, 0.25) is 0 Å². The summed E-state index contributed by atoms with van der Waals surface area (Å²) in [5, 5.41) is 6.90. The predicted molar refractivity (Wildman–Crippen MR) is 94.3 cm³/mol. The molecule has 0 radical (unpaired) electrons. The quantitative estimate of drug-likeness (QED) is 0.175. The van der Waals surface area contributed by atoms with Crippen molar-refractivity contribution in [1.29, 1.82) is 0 Å². The second-order valence-corrected chi connectivity index (χ2v) is 7.10. The summed E-state index contributed by atoms with van der Waals surface area (Å²) >= 11 is 0. The standard InChI is InChI=1S/C15H22N6O3S/c1-13-6-8-15(9-7-13)25(22,23)24-14(10-12-19-21-17)5-3-2-4-11-18-20-16/h6-9,14H,2-5,10-12H2,1H3. The Balaban J connectivity index is 2.65. The van der Waals surface area contributed by atoms with Crippen molar-refractivity contribution in [3.8, 4) is 0 Å². The van der Waals surface area contributed by atoms with Crippen molar-refractivity contribution in [3.63, 3.8) is 0 Å². The molecule has 1 aromatic rings. The molecule has 136 valence electrons. The number of rotatable bonds is 12. The average Bonchev–Trinajstić information content (AvgIpc) is 2.58. The van der Waals surface area contributed by atoms with Gasteiger partial charge < -0.3 is 0 Å². The van der Waals surface area contributed by atoms with Gasteiger partial charge in [0, 0.05) is 22.9 Å². The van der Waals surface area contributed by atoms with Crippen LogP contribution >= 0.6 is 0 Å². The molecular weight excluding hydrogens is 344 g/mol. The Morgan fingerprint density at radius 1 is 1.00 bits per heavy atom. The molecule has 0 aliphatic rings. The lowest BCUT2D eigenvalue weighted by Gasteiger charge is -2.17. The molecule has 0 spiro atoms. The Bertz CT molecular complexity index is 722. The molecule has 0 aliphatic heterocycles. The fourth-order valence-corrected chi connectivity index (χ4v) is 3.33. The van der Waals surface area contributed by atoms with E-state index in [9.17, 15) is 8.42 Å². The van der Waals surface area contributed by atoms with E-state index in [0.717, 1.165) is 24.8 Å². The first-order valence-corrected chi connectivity index (χ1v) is 9.42. The largest absolute Gasteiger partial charge is 0.297 e. The number of azide groups is 2. The van der Waals surface area contributed by atoms with Gasteiger partial charge in [-0.2, -0.15) is 8.42 Å². The predicted octanol–water partition coefficient (Wildman–Crippen LogP) is 4.64. The van der Waals surface area contributed by atoms with E-state index in [1.165, 1.54) is 12.1 Å². The number of nitrogens with zero attached hydrogens (tertiary/aromatic N) is 6. The summed E-state index contributed by atoms with van der Waals surface area (Å²) in [5.74, 6) is 0. The third-order valence-corrected chi connectivity index (χ3v) is 4.91. The molecule has 0 saturated carbocycles. The van der Waals surface area contributed by atoms with Crippen molar-refractivity contribution in [2.75, 3.05) is 13.1 Å². The van der Waals surface area contributed by atoms with E-state index in [4.69, 9.17) is 15.2 Å². The minimum Gasteiger partial charge on any atom is -0.263 e. The van der Waals surface area contributed by atoms with E-state index < -0.39 is 16.2 Å². The lowest BCUT2D eigenvalue weighted by Crippen LogP contribution is -2.20.